The molecule has 2 aromatic heterocycles. The number of likely N-dealkylation sites (N-methyl/N-ethyl adjacent to an activating group) is 1. The minimum atomic E-state index is 0.346. The summed E-state index contributed by atoms with van der Waals surface area (Å²) >= 11 is 0. The number of ether oxygens (including phenoxy) is 1. The van der Waals surface area contributed by atoms with E-state index in [9.17, 15) is 0 Å². The van der Waals surface area contributed by atoms with E-state index in [4.69, 9.17) is 10.5 Å². The fourth-order valence-electron chi connectivity index (χ4n) is 4.67. The Morgan fingerprint density at radius 3 is 2.45 bits per heavy atom. The van der Waals surface area contributed by atoms with Gasteiger partial charge in [-0.3, -0.25) is 0 Å². The number of aromatic nitrogens is 4. The van der Waals surface area contributed by atoms with E-state index in [0.29, 0.717) is 24.3 Å². The Bertz CT molecular complexity index is 1030. The van der Waals surface area contributed by atoms with Crippen LogP contribution in [0.3, 0.4) is 0 Å². The van der Waals surface area contributed by atoms with Crippen molar-refractivity contribution < 1.29 is 4.74 Å². The molecule has 3 heterocycles. The molecule has 5 rings (SSSR count). The van der Waals surface area contributed by atoms with Crippen LogP contribution in [0.5, 0.6) is 5.75 Å². The van der Waals surface area contributed by atoms with E-state index in [0.717, 1.165) is 68.8 Å². The number of benzene rings is 1. The number of anilines is 1. The normalized spacial score (nSPS) is 21.8. The van der Waals surface area contributed by atoms with Crippen LogP contribution in [0.1, 0.15) is 25.7 Å². The van der Waals surface area contributed by atoms with Crippen LogP contribution in [0.15, 0.2) is 49.2 Å². The molecule has 1 saturated heterocycles. The maximum atomic E-state index is 6.16. The van der Waals surface area contributed by atoms with E-state index in [1.165, 1.54) is 5.69 Å². The lowest BCUT2D eigenvalue weighted by atomic mass is 9.87. The van der Waals surface area contributed by atoms with Crippen molar-refractivity contribution in [3.05, 3.63) is 49.2 Å². The quantitative estimate of drug-likeness (QED) is 0.622. The molecule has 1 aliphatic carbocycles. The maximum Gasteiger partial charge on any atom is 0.163 e. The van der Waals surface area contributed by atoms with Crippen LogP contribution in [-0.2, 0) is 0 Å². The molecule has 1 aliphatic heterocycles. The summed E-state index contributed by atoms with van der Waals surface area (Å²) < 4.78 is 8.05. The predicted octanol–water partition coefficient (Wildman–Crippen LogP) is 2.98. The average molecular weight is 448 g/mol. The molecule has 33 heavy (non-hydrogen) atoms. The second-order valence-corrected chi connectivity index (χ2v) is 9.31. The fourth-order valence-corrected chi connectivity index (χ4v) is 4.67. The maximum absolute atomic E-state index is 6.16. The molecule has 2 fully saturated rings. The Balaban J connectivity index is 1.27. The van der Waals surface area contributed by atoms with Crippen LogP contribution >= 0.6 is 0 Å². The van der Waals surface area contributed by atoms with Crippen LogP contribution in [0.25, 0.3) is 16.9 Å². The molecule has 3 aromatic rings. The largest absolute Gasteiger partial charge is 0.489 e. The summed E-state index contributed by atoms with van der Waals surface area (Å²) in [6.07, 6.45) is 11.5. The van der Waals surface area contributed by atoms with Gasteiger partial charge in [0, 0.05) is 49.7 Å². The number of piperazine rings is 1. The van der Waals surface area contributed by atoms with Gasteiger partial charge in [-0.05, 0) is 62.9 Å². The molecule has 0 unspecified atom stereocenters. The molecule has 0 amide bonds. The van der Waals surface area contributed by atoms with Gasteiger partial charge in [0.1, 0.15) is 12.0 Å². The topological polar surface area (TPSA) is 85.3 Å². The Morgan fingerprint density at radius 1 is 0.970 bits per heavy atom. The number of nitrogens with two attached hydrogens (primary N) is 1. The Hall–Kier alpha value is -2.97. The van der Waals surface area contributed by atoms with E-state index >= 15 is 0 Å². The molecule has 0 atom stereocenters. The van der Waals surface area contributed by atoms with Gasteiger partial charge in [-0.1, -0.05) is 0 Å². The van der Waals surface area contributed by atoms with E-state index in [2.05, 4.69) is 56.2 Å². The van der Waals surface area contributed by atoms with Crippen LogP contribution in [0.2, 0.25) is 0 Å². The lowest BCUT2D eigenvalue weighted by Gasteiger charge is -2.34. The molecule has 2 aliphatic rings. The summed E-state index contributed by atoms with van der Waals surface area (Å²) in [6.45, 7) is 5.00. The summed E-state index contributed by atoms with van der Waals surface area (Å²) in [7, 11) is 2.18. The first-order valence-electron chi connectivity index (χ1n) is 11.9. The van der Waals surface area contributed by atoms with E-state index < -0.39 is 0 Å². The summed E-state index contributed by atoms with van der Waals surface area (Å²) in [6, 6.07) is 8.94. The van der Waals surface area contributed by atoms with Crippen molar-refractivity contribution in [3.8, 4) is 22.7 Å². The molecule has 0 radical (unpaired) electrons. The van der Waals surface area contributed by atoms with E-state index in [1.807, 2.05) is 17.1 Å². The smallest absolute Gasteiger partial charge is 0.163 e. The summed E-state index contributed by atoms with van der Waals surface area (Å²) in [5, 5.41) is 4.58. The lowest BCUT2D eigenvalue weighted by molar-refractivity contribution is 0.200. The standard InChI is InChI=1S/C25H33N7O/c1-30-10-12-31(13-11-30)22-6-8-23(9-7-22)32-16-20(14-29-32)25-24(15-27-18-28-25)33-17-19-2-4-21(26)5-3-19/h6-9,14-16,18-19,21H,2-5,10-13,17,26H2,1H3/t19-,21+. The molecule has 0 spiro atoms. The fraction of sp³-hybridized carbons (Fsp3) is 0.480. The molecule has 8 nitrogen and oxygen atoms in total. The minimum Gasteiger partial charge on any atom is -0.489 e. The van der Waals surface area contributed by atoms with Crippen LogP contribution in [0, 0.1) is 5.92 Å². The molecule has 8 heteroatoms. The third-order valence-corrected chi connectivity index (χ3v) is 6.88. The zero-order chi connectivity index (χ0) is 22.6. The number of hydrogen-bond acceptors (Lipinski definition) is 7. The van der Waals surface area contributed by atoms with Crippen molar-refractivity contribution in [1.82, 2.24) is 24.6 Å². The van der Waals surface area contributed by atoms with Crippen LogP contribution in [-0.4, -0.2) is 70.5 Å². The first-order valence-corrected chi connectivity index (χ1v) is 11.9. The SMILES string of the molecule is CN1CCN(c2ccc(-n3cc(-c4ncncc4OC[C@H]4CC[C@@H](N)CC4)cn3)cc2)CC1. The van der Waals surface area contributed by atoms with Gasteiger partial charge < -0.3 is 20.3 Å². The molecule has 1 saturated carbocycles. The first kappa shape index (κ1) is 21.9. The van der Waals surface area contributed by atoms with Gasteiger partial charge in [0.2, 0.25) is 0 Å². The third kappa shape index (κ3) is 5.17. The first-order chi connectivity index (χ1) is 16.2. The second kappa shape index (κ2) is 9.89. The molecule has 1 aromatic carbocycles. The number of rotatable bonds is 6. The molecular weight excluding hydrogens is 414 g/mol. The van der Waals surface area contributed by atoms with Gasteiger partial charge in [-0.15, -0.1) is 0 Å². The van der Waals surface area contributed by atoms with Crippen molar-refractivity contribution in [3.63, 3.8) is 0 Å². The lowest BCUT2D eigenvalue weighted by Crippen LogP contribution is -2.44. The number of hydrogen-bond donors (Lipinski definition) is 1. The summed E-state index contributed by atoms with van der Waals surface area (Å²) in [5.41, 5.74) is 10.0. The highest BCUT2D eigenvalue weighted by molar-refractivity contribution is 5.64. The van der Waals surface area contributed by atoms with Gasteiger partial charge in [-0.2, -0.15) is 5.10 Å². The van der Waals surface area contributed by atoms with E-state index in [-0.39, 0.29) is 0 Å². The zero-order valence-corrected chi connectivity index (χ0v) is 19.3. The highest BCUT2D eigenvalue weighted by Gasteiger charge is 2.20. The Kier molecular flexibility index (Phi) is 6.55. The van der Waals surface area contributed by atoms with Crippen molar-refractivity contribution in [1.29, 1.82) is 0 Å². The monoisotopic (exact) mass is 447 g/mol. The van der Waals surface area contributed by atoms with Gasteiger partial charge in [-0.25, -0.2) is 14.6 Å². The van der Waals surface area contributed by atoms with Crippen LogP contribution < -0.4 is 15.4 Å². The molecule has 174 valence electrons. The van der Waals surface area contributed by atoms with Gasteiger partial charge in [0.15, 0.2) is 5.75 Å². The average Bonchev–Trinajstić information content (AvgIpc) is 3.35. The van der Waals surface area contributed by atoms with Gasteiger partial charge in [0.25, 0.3) is 0 Å². The second-order valence-electron chi connectivity index (χ2n) is 9.31. The summed E-state index contributed by atoms with van der Waals surface area (Å²) in [4.78, 5) is 13.5. The third-order valence-electron chi connectivity index (χ3n) is 6.88. The Labute approximate surface area is 195 Å². The number of nitrogens with zero attached hydrogens (tertiary/aromatic N) is 6. The van der Waals surface area contributed by atoms with Crippen LogP contribution in [0.4, 0.5) is 5.69 Å². The zero-order valence-electron chi connectivity index (χ0n) is 19.3. The highest BCUT2D eigenvalue weighted by Crippen LogP contribution is 2.30. The predicted molar refractivity (Wildman–Crippen MR) is 130 cm³/mol. The molecular formula is C25H33N7O. The van der Waals surface area contributed by atoms with Crippen molar-refractivity contribution in [2.45, 2.75) is 31.7 Å². The molecule has 2 N–H and O–H groups in total. The molecule has 0 bridgehead atoms. The van der Waals surface area contributed by atoms with Crippen molar-refractivity contribution in [2.75, 3.05) is 44.7 Å². The summed E-state index contributed by atoms with van der Waals surface area (Å²) in [5.74, 6) is 1.25. The minimum absolute atomic E-state index is 0.346. The van der Waals surface area contributed by atoms with Gasteiger partial charge in [0.05, 0.1) is 24.7 Å². The van der Waals surface area contributed by atoms with Crippen molar-refractivity contribution in [2.24, 2.45) is 11.7 Å². The highest BCUT2D eigenvalue weighted by atomic mass is 16.5. The van der Waals surface area contributed by atoms with Gasteiger partial charge >= 0.3 is 0 Å². The van der Waals surface area contributed by atoms with Crippen molar-refractivity contribution >= 4 is 5.69 Å². The Morgan fingerprint density at radius 2 is 1.70 bits per heavy atom. The van der Waals surface area contributed by atoms with E-state index in [1.54, 1.807) is 12.5 Å².